The third kappa shape index (κ3) is 63.8. The fraction of sp³-hybridized carbons (Fsp3) is 0.937. The molecule has 4 N–H and O–H groups in total. The van der Waals surface area contributed by atoms with Crippen LogP contribution in [0, 0.1) is 0 Å². The number of carbonyl (C=O) groups excluding carboxylic acids is 1. The van der Waals surface area contributed by atoms with E-state index in [0.29, 0.717) is 52.2 Å². The van der Waals surface area contributed by atoms with Crippen LogP contribution in [-0.4, -0.2) is 167 Å². The first kappa shape index (κ1) is 88.3. The molecule has 540 valence electrons. The van der Waals surface area contributed by atoms with Crippen molar-refractivity contribution in [3.8, 4) is 0 Å². The SMILES string of the molecule is CCCCCCCC/C=C\CCCCCCC(O)CN(CCCCSSCCCCCN1CCN(CCOC(=O)CCCN(CC(O)CCCCCCCCCC)CC(O)CCCCCCCCCC)CC1)CC(O)CCCCCC/C=C\CCCCCCCC. The first-order valence-corrected chi connectivity index (χ1v) is 42.5. The quantitative estimate of drug-likeness (QED) is 0.0201. The van der Waals surface area contributed by atoms with Gasteiger partial charge in [0.25, 0.3) is 0 Å². The highest BCUT2D eigenvalue weighted by molar-refractivity contribution is 8.76. The van der Waals surface area contributed by atoms with Crippen LogP contribution >= 0.6 is 21.6 Å². The molecular formula is C79H156N4O6S2. The van der Waals surface area contributed by atoms with Gasteiger partial charge in [-0.3, -0.25) is 19.5 Å². The van der Waals surface area contributed by atoms with E-state index in [-0.39, 0.29) is 18.2 Å². The highest BCUT2D eigenvalue weighted by atomic mass is 33.1. The van der Waals surface area contributed by atoms with Crippen LogP contribution in [0.2, 0.25) is 0 Å². The summed E-state index contributed by atoms with van der Waals surface area (Å²) in [7, 11) is 4.06. The van der Waals surface area contributed by atoms with Crippen molar-refractivity contribution in [2.24, 2.45) is 0 Å². The molecule has 1 aliphatic rings. The highest BCUT2D eigenvalue weighted by Gasteiger charge is 2.20. The molecular weight excluding hydrogens is 1170 g/mol. The number of carbonyl (C=O) groups is 1. The van der Waals surface area contributed by atoms with E-state index in [9.17, 15) is 25.2 Å². The van der Waals surface area contributed by atoms with Crippen LogP contribution in [-0.2, 0) is 9.53 Å². The van der Waals surface area contributed by atoms with Crippen LogP contribution in [0.15, 0.2) is 24.3 Å². The lowest BCUT2D eigenvalue weighted by atomic mass is 10.0. The summed E-state index contributed by atoms with van der Waals surface area (Å²) >= 11 is 0. The van der Waals surface area contributed by atoms with E-state index >= 15 is 0 Å². The standard InChI is InChI=1S/C79H156N4O6S2/c1-5-9-13-17-21-25-27-29-31-33-35-39-43-48-55-75(84)71-82(72-76(85)56-49-44-40-36-34-32-30-28-26-22-18-14-10-6-2)61-51-53-70-91-90-69-52-45-50-60-80-63-65-81(66-64-80)67-68-89-79(88)59-54-62-83(73-77(86)57-46-41-37-23-19-15-11-7-3)74-78(87)58-47-42-38-24-20-16-12-8-4/h29-32,75-78,84-87H,5-28,33-74H2,1-4H3/b31-29-,32-30-. The maximum Gasteiger partial charge on any atom is 0.305 e. The Labute approximate surface area is 574 Å². The van der Waals surface area contributed by atoms with E-state index in [1.165, 1.54) is 269 Å². The monoisotopic (exact) mass is 1320 g/mol. The lowest BCUT2D eigenvalue weighted by Gasteiger charge is -2.34. The molecule has 0 radical (unpaired) electrons. The number of rotatable bonds is 73. The number of allylic oxidation sites excluding steroid dienone is 4. The van der Waals surface area contributed by atoms with Gasteiger partial charge in [-0.05, 0) is 129 Å². The number of hydrogen-bond acceptors (Lipinski definition) is 12. The van der Waals surface area contributed by atoms with Gasteiger partial charge in [-0.1, -0.05) is 285 Å². The summed E-state index contributed by atoms with van der Waals surface area (Å²) in [4.78, 5) is 22.5. The van der Waals surface area contributed by atoms with Gasteiger partial charge in [0, 0.05) is 76.8 Å². The van der Waals surface area contributed by atoms with Crippen molar-refractivity contribution >= 4 is 27.6 Å². The zero-order chi connectivity index (χ0) is 65.8. The minimum Gasteiger partial charge on any atom is -0.464 e. The van der Waals surface area contributed by atoms with Crippen LogP contribution in [0.5, 0.6) is 0 Å². The molecule has 0 saturated carbocycles. The summed E-state index contributed by atoms with van der Waals surface area (Å²) < 4.78 is 5.74. The third-order valence-electron chi connectivity index (χ3n) is 19.0. The van der Waals surface area contributed by atoms with Crippen molar-refractivity contribution in [1.82, 2.24) is 19.6 Å². The molecule has 4 atom stereocenters. The van der Waals surface area contributed by atoms with Gasteiger partial charge in [-0.2, -0.15) is 0 Å². The van der Waals surface area contributed by atoms with Gasteiger partial charge in [0.1, 0.15) is 6.61 Å². The Morgan fingerprint density at radius 3 is 1.00 bits per heavy atom. The summed E-state index contributed by atoms with van der Waals surface area (Å²) in [5.74, 6) is 2.23. The molecule has 4 unspecified atom stereocenters. The molecule has 1 saturated heterocycles. The van der Waals surface area contributed by atoms with Crippen molar-refractivity contribution in [3.05, 3.63) is 24.3 Å². The van der Waals surface area contributed by atoms with Crippen molar-refractivity contribution in [2.45, 2.75) is 380 Å². The maximum absolute atomic E-state index is 12.9. The summed E-state index contributed by atoms with van der Waals surface area (Å²) in [6.07, 6.45) is 69.4. The number of ether oxygens (including phenoxy) is 1. The third-order valence-corrected chi connectivity index (χ3v) is 21.6. The fourth-order valence-corrected chi connectivity index (χ4v) is 15.3. The first-order chi connectivity index (χ1) is 44.7. The second-order valence-electron chi connectivity index (χ2n) is 28.1. The molecule has 91 heavy (non-hydrogen) atoms. The summed E-state index contributed by atoms with van der Waals surface area (Å²) in [5, 5.41) is 44.4. The molecule has 0 amide bonds. The molecule has 0 spiro atoms. The normalized spacial score (nSPS) is 14.9. The number of piperazine rings is 1. The Kier molecular flexibility index (Phi) is 68.6. The average molecular weight is 1320 g/mol. The van der Waals surface area contributed by atoms with Gasteiger partial charge < -0.3 is 30.1 Å². The second-order valence-corrected chi connectivity index (χ2v) is 30.8. The Morgan fingerprint density at radius 1 is 0.363 bits per heavy atom. The van der Waals surface area contributed by atoms with Crippen LogP contribution in [0.25, 0.3) is 0 Å². The molecule has 1 fully saturated rings. The van der Waals surface area contributed by atoms with Crippen LogP contribution in [0.3, 0.4) is 0 Å². The molecule has 1 aliphatic heterocycles. The molecule has 0 aromatic heterocycles. The molecule has 0 aliphatic carbocycles. The van der Waals surface area contributed by atoms with E-state index < -0.39 is 12.2 Å². The largest absolute Gasteiger partial charge is 0.464 e. The predicted octanol–water partition coefficient (Wildman–Crippen LogP) is 20.7. The fourth-order valence-electron chi connectivity index (χ4n) is 13.0. The topological polar surface area (TPSA) is 120 Å². The van der Waals surface area contributed by atoms with Gasteiger partial charge in [0.05, 0.1) is 24.4 Å². The first-order valence-electron chi connectivity index (χ1n) is 40.0. The Balaban J connectivity index is 2.33. The molecule has 12 heteroatoms. The van der Waals surface area contributed by atoms with Gasteiger partial charge in [-0.15, -0.1) is 0 Å². The van der Waals surface area contributed by atoms with Crippen LogP contribution < -0.4 is 0 Å². The highest BCUT2D eigenvalue weighted by Crippen LogP contribution is 2.25. The van der Waals surface area contributed by atoms with Crippen LogP contribution in [0.1, 0.15) is 355 Å². The van der Waals surface area contributed by atoms with E-state index in [0.717, 1.165) is 103 Å². The number of nitrogens with zero attached hydrogens (tertiary/aromatic N) is 4. The smallest absolute Gasteiger partial charge is 0.305 e. The Hall–Kier alpha value is -0.670. The second kappa shape index (κ2) is 70.6. The molecule has 0 bridgehead atoms. The molecule has 0 aromatic carbocycles. The zero-order valence-electron chi connectivity index (χ0n) is 61.0. The summed E-state index contributed by atoms with van der Waals surface area (Å²) in [6.45, 7) is 19.8. The minimum atomic E-state index is -0.401. The minimum absolute atomic E-state index is 0.136. The predicted molar refractivity (Wildman–Crippen MR) is 402 cm³/mol. The van der Waals surface area contributed by atoms with E-state index in [1.807, 2.05) is 21.6 Å². The van der Waals surface area contributed by atoms with Crippen molar-refractivity contribution in [2.75, 3.05) is 96.6 Å². The Bertz CT molecular complexity index is 1450. The molecule has 1 heterocycles. The summed E-state index contributed by atoms with van der Waals surface area (Å²) in [6, 6.07) is 0. The lowest BCUT2D eigenvalue weighted by Crippen LogP contribution is -2.47. The van der Waals surface area contributed by atoms with Gasteiger partial charge in [0.15, 0.2) is 0 Å². The average Bonchev–Trinajstić information content (AvgIpc) is 3.71. The van der Waals surface area contributed by atoms with E-state index in [1.54, 1.807) is 0 Å². The maximum atomic E-state index is 12.9. The van der Waals surface area contributed by atoms with Crippen molar-refractivity contribution in [3.63, 3.8) is 0 Å². The number of aliphatic hydroxyl groups is 4. The molecule has 10 nitrogen and oxygen atoms in total. The molecule has 1 rings (SSSR count). The molecule has 0 aromatic rings. The lowest BCUT2D eigenvalue weighted by molar-refractivity contribution is -0.144. The Morgan fingerprint density at radius 2 is 0.648 bits per heavy atom. The van der Waals surface area contributed by atoms with Crippen molar-refractivity contribution < 1.29 is 30.0 Å². The zero-order valence-corrected chi connectivity index (χ0v) is 62.6. The number of aliphatic hydroxyl groups excluding tert-OH is 4. The van der Waals surface area contributed by atoms with E-state index in [4.69, 9.17) is 4.74 Å². The van der Waals surface area contributed by atoms with Gasteiger partial charge in [0.2, 0.25) is 0 Å². The van der Waals surface area contributed by atoms with Gasteiger partial charge >= 0.3 is 5.97 Å². The van der Waals surface area contributed by atoms with Gasteiger partial charge in [-0.25, -0.2) is 0 Å². The number of unbranched alkanes of at least 4 members (excludes halogenated alkanes) is 37. The van der Waals surface area contributed by atoms with Crippen molar-refractivity contribution in [1.29, 1.82) is 0 Å². The number of esters is 1. The van der Waals surface area contributed by atoms with E-state index in [2.05, 4.69) is 71.6 Å². The summed E-state index contributed by atoms with van der Waals surface area (Å²) in [5.41, 5.74) is 0. The van der Waals surface area contributed by atoms with Crippen LogP contribution in [0.4, 0.5) is 0 Å². The number of hydrogen-bond donors (Lipinski definition) is 4.